The third-order valence-corrected chi connectivity index (χ3v) is 5.93. The van der Waals surface area contributed by atoms with Gasteiger partial charge in [-0.15, -0.1) is 11.8 Å². The molecule has 1 heterocycles. The number of carbonyl (C=O) groups is 2. The molecule has 31 heavy (non-hydrogen) atoms. The highest BCUT2D eigenvalue weighted by Crippen LogP contribution is 2.37. The Kier molecular flexibility index (Phi) is 5.86. The van der Waals surface area contributed by atoms with Crippen LogP contribution in [0.15, 0.2) is 70.0 Å². The van der Waals surface area contributed by atoms with Gasteiger partial charge in [-0.05, 0) is 43.3 Å². The van der Waals surface area contributed by atoms with Crippen molar-refractivity contribution in [3.8, 4) is 5.75 Å². The second-order valence-electron chi connectivity index (χ2n) is 7.10. The molecule has 4 rings (SSSR count). The first-order chi connectivity index (χ1) is 14.9. The number of nitrogens with one attached hydrogen (secondary N) is 2. The summed E-state index contributed by atoms with van der Waals surface area (Å²) in [6.45, 7) is 3.31. The van der Waals surface area contributed by atoms with Crippen LogP contribution in [0.2, 0.25) is 0 Å². The van der Waals surface area contributed by atoms with E-state index in [1.54, 1.807) is 13.2 Å². The first kappa shape index (κ1) is 20.8. The van der Waals surface area contributed by atoms with Gasteiger partial charge in [0.2, 0.25) is 11.8 Å². The number of benzene rings is 3. The van der Waals surface area contributed by atoms with Crippen molar-refractivity contribution in [2.24, 2.45) is 0 Å². The summed E-state index contributed by atoms with van der Waals surface area (Å²) in [6, 6.07) is 18.8. The number of rotatable bonds is 6. The van der Waals surface area contributed by atoms with Crippen molar-refractivity contribution in [1.82, 2.24) is 0 Å². The van der Waals surface area contributed by atoms with Gasteiger partial charge in [0.25, 0.3) is 0 Å². The summed E-state index contributed by atoms with van der Waals surface area (Å²) in [7, 11) is 1.58. The smallest absolute Gasteiger partial charge is 0.237 e. The van der Waals surface area contributed by atoms with E-state index < -0.39 is 0 Å². The van der Waals surface area contributed by atoms with Crippen molar-refractivity contribution in [3.05, 3.63) is 60.7 Å². The fraction of sp³-hybridized carbons (Fsp3) is 0.167. The van der Waals surface area contributed by atoms with E-state index in [2.05, 4.69) is 10.6 Å². The molecule has 0 spiro atoms. The van der Waals surface area contributed by atoms with Crippen LogP contribution in [0.25, 0.3) is 21.9 Å². The Morgan fingerprint density at radius 1 is 0.968 bits per heavy atom. The zero-order chi connectivity index (χ0) is 22.0. The van der Waals surface area contributed by atoms with Crippen LogP contribution in [0.3, 0.4) is 0 Å². The zero-order valence-corrected chi connectivity index (χ0v) is 18.2. The van der Waals surface area contributed by atoms with Crippen LogP contribution < -0.4 is 15.4 Å². The topological polar surface area (TPSA) is 80.6 Å². The fourth-order valence-corrected chi connectivity index (χ4v) is 4.20. The number of fused-ring (bicyclic) bond motifs is 3. The number of ether oxygens (including phenoxy) is 1. The van der Waals surface area contributed by atoms with Crippen LogP contribution in [-0.2, 0) is 9.59 Å². The molecule has 2 amide bonds. The molecule has 0 aliphatic heterocycles. The predicted octanol–water partition coefficient (Wildman–Crippen LogP) is 5.67. The number of para-hydroxylation sites is 1. The van der Waals surface area contributed by atoms with E-state index in [0.29, 0.717) is 17.0 Å². The second-order valence-corrected chi connectivity index (χ2v) is 8.52. The molecule has 1 aromatic heterocycles. The number of hydrogen-bond donors (Lipinski definition) is 2. The number of furan rings is 1. The Balaban J connectivity index is 1.51. The van der Waals surface area contributed by atoms with Crippen molar-refractivity contribution in [2.45, 2.75) is 24.0 Å². The minimum absolute atomic E-state index is 0.122. The molecule has 0 fully saturated rings. The lowest BCUT2D eigenvalue weighted by Crippen LogP contribution is -2.22. The Labute approximate surface area is 183 Å². The van der Waals surface area contributed by atoms with Gasteiger partial charge in [0.05, 0.1) is 18.0 Å². The van der Waals surface area contributed by atoms with E-state index in [9.17, 15) is 9.59 Å². The molecule has 0 saturated carbocycles. The molecule has 158 valence electrons. The highest BCUT2D eigenvalue weighted by Gasteiger charge is 2.18. The SMILES string of the molecule is COc1cc2c(cc1NC(=O)[C@H](C)Sc1ccc(NC(C)=O)cc1)oc1ccccc12. The maximum atomic E-state index is 12.8. The summed E-state index contributed by atoms with van der Waals surface area (Å²) in [5.41, 5.74) is 2.76. The Morgan fingerprint density at radius 2 is 1.71 bits per heavy atom. The summed E-state index contributed by atoms with van der Waals surface area (Å²) in [4.78, 5) is 24.9. The summed E-state index contributed by atoms with van der Waals surface area (Å²) < 4.78 is 11.4. The van der Waals surface area contributed by atoms with Crippen LogP contribution in [0.1, 0.15) is 13.8 Å². The van der Waals surface area contributed by atoms with Gasteiger partial charge in [-0.25, -0.2) is 0 Å². The highest BCUT2D eigenvalue weighted by molar-refractivity contribution is 8.00. The molecule has 4 aromatic rings. The minimum atomic E-state index is -0.345. The summed E-state index contributed by atoms with van der Waals surface area (Å²) >= 11 is 1.43. The van der Waals surface area contributed by atoms with Gasteiger partial charge in [-0.2, -0.15) is 0 Å². The minimum Gasteiger partial charge on any atom is -0.495 e. The molecule has 0 radical (unpaired) electrons. The number of thioether (sulfide) groups is 1. The second kappa shape index (κ2) is 8.73. The first-order valence-electron chi connectivity index (χ1n) is 9.79. The number of anilines is 2. The lowest BCUT2D eigenvalue weighted by atomic mass is 10.1. The van der Waals surface area contributed by atoms with E-state index in [0.717, 1.165) is 26.9 Å². The van der Waals surface area contributed by atoms with Gasteiger partial charge in [-0.1, -0.05) is 18.2 Å². The van der Waals surface area contributed by atoms with Crippen LogP contribution >= 0.6 is 11.8 Å². The van der Waals surface area contributed by atoms with Crippen LogP contribution in [0.4, 0.5) is 11.4 Å². The van der Waals surface area contributed by atoms with E-state index in [4.69, 9.17) is 9.15 Å². The van der Waals surface area contributed by atoms with Crippen LogP contribution in [0.5, 0.6) is 5.75 Å². The fourth-order valence-electron chi connectivity index (χ4n) is 3.33. The number of carbonyl (C=O) groups excluding carboxylic acids is 2. The molecule has 3 aromatic carbocycles. The maximum Gasteiger partial charge on any atom is 0.237 e. The monoisotopic (exact) mass is 434 g/mol. The Bertz CT molecular complexity index is 1260. The van der Waals surface area contributed by atoms with Gasteiger partial charge < -0.3 is 19.8 Å². The quantitative estimate of drug-likeness (QED) is 0.382. The third-order valence-electron chi connectivity index (χ3n) is 4.81. The number of methoxy groups -OCH3 is 1. The maximum absolute atomic E-state index is 12.8. The van der Waals surface area contributed by atoms with Crippen molar-refractivity contribution in [3.63, 3.8) is 0 Å². The van der Waals surface area contributed by atoms with Crippen molar-refractivity contribution in [1.29, 1.82) is 0 Å². The molecule has 6 nitrogen and oxygen atoms in total. The molecular weight excluding hydrogens is 412 g/mol. The van der Waals surface area contributed by atoms with Gasteiger partial charge in [0.15, 0.2) is 0 Å². The lowest BCUT2D eigenvalue weighted by molar-refractivity contribution is -0.115. The van der Waals surface area contributed by atoms with E-state index >= 15 is 0 Å². The van der Waals surface area contributed by atoms with Gasteiger partial charge >= 0.3 is 0 Å². The van der Waals surface area contributed by atoms with Crippen molar-refractivity contribution in [2.75, 3.05) is 17.7 Å². The largest absolute Gasteiger partial charge is 0.495 e. The average molecular weight is 435 g/mol. The van der Waals surface area contributed by atoms with Gasteiger partial charge in [0, 0.05) is 34.3 Å². The average Bonchev–Trinajstić information content (AvgIpc) is 3.11. The molecule has 1 atom stereocenters. The van der Waals surface area contributed by atoms with Crippen molar-refractivity contribution < 1.29 is 18.7 Å². The highest BCUT2D eigenvalue weighted by atomic mass is 32.2. The van der Waals surface area contributed by atoms with E-state index in [1.165, 1.54) is 18.7 Å². The van der Waals surface area contributed by atoms with Crippen LogP contribution in [-0.4, -0.2) is 24.2 Å². The van der Waals surface area contributed by atoms with Gasteiger partial charge in [0.1, 0.15) is 16.9 Å². The zero-order valence-electron chi connectivity index (χ0n) is 17.4. The summed E-state index contributed by atoms with van der Waals surface area (Å²) in [5, 5.41) is 7.27. The summed E-state index contributed by atoms with van der Waals surface area (Å²) in [6.07, 6.45) is 0. The number of hydrogen-bond acceptors (Lipinski definition) is 5. The Hall–Kier alpha value is -3.45. The molecular formula is C24H22N2O4S. The normalized spacial score (nSPS) is 12.0. The number of amides is 2. The van der Waals surface area contributed by atoms with E-state index in [-0.39, 0.29) is 17.1 Å². The lowest BCUT2D eigenvalue weighted by Gasteiger charge is -2.14. The standard InChI is InChI=1S/C24H22N2O4S/c1-14(31-17-10-8-16(9-11-17)25-15(2)27)24(28)26-20-13-22-19(12-23(20)29-3)18-6-4-5-7-21(18)30-22/h4-14H,1-3H3,(H,25,27)(H,26,28)/t14-/m0/s1. The molecule has 0 unspecified atom stereocenters. The predicted molar refractivity (Wildman–Crippen MR) is 125 cm³/mol. The molecule has 2 N–H and O–H groups in total. The molecule has 0 bridgehead atoms. The molecule has 0 aliphatic carbocycles. The summed E-state index contributed by atoms with van der Waals surface area (Å²) in [5.74, 6) is 0.303. The Morgan fingerprint density at radius 3 is 2.42 bits per heavy atom. The third kappa shape index (κ3) is 4.51. The molecule has 7 heteroatoms. The van der Waals surface area contributed by atoms with Gasteiger partial charge in [-0.3, -0.25) is 9.59 Å². The van der Waals surface area contributed by atoms with E-state index in [1.807, 2.05) is 61.5 Å². The molecule has 0 aliphatic rings. The van der Waals surface area contributed by atoms with Crippen LogP contribution in [0, 0.1) is 0 Å². The molecule has 0 saturated heterocycles. The van der Waals surface area contributed by atoms with Crippen molar-refractivity contribution >= 4 is 56.9 Å². The first-order valence-corrected chi connectivity index (χ1v) is 10.7.